The maximum atomic E-state index is 11.2. The molecule has 0 spiro atoms. The van der Waals surface area contributed by atoms with Gasteiger partial charge >= 0.3 is 0 Å². The minimum Gasteiger partial charge on any atom is -0.352 e. The van der Waals surface area contributed by atoms with Gasteiger partial charge in [-0.15, -0.1) is 0 Å². The second kappa shape index (κ2) is 5.20. The molecule has 0 fully saturated rings. The molecule has 0 saturated heterocycles. The lowest BCUT2D eigenvalue weighted by atomic mass is 9.86. The molecular formula is C17H23NO. The van der Waals surface area contributed by atoms with Gasteiger partial charge in [0.2, 0.25) is 0 Å². The van der Waals surface area contributed by atoms with Crippen LogP contribution in [0.1, 0.15) is 62.2 Å². The Morgan fingerprint density at radius 1 is 1.26 bits per heavy atom. The first-order chi connectivity index (χ1) is 8.97. The van der Waals surface area contributed by atoms with Gasteiger partial charge in [-0.3, -0.25) is 4.79 Å². The molecule has 19 heavy (non-hydrogen) atoms. The number of aldehydes is 1. The number of carbonyl (C=O) groups is 1. The van der Waals surface area contributed by atoms with Gasteiger partial charge in [-0.05, 0) is 41.5 Å². The van der Waals surface area contributed by atoms with Gasteiger partial charge in [-0.1, -0.05) is 40.2 Å². The fraction of sp³-hybridized carbons (Fsp3) is 0.471. The van der Waals surface area contributed by atoms with Crippen molar-refractivity contribution in [2.45, 2.75) is 52.4 Å². The van der Waals surface area contributed by atoms with Crippen molar-refractivity contribution in [2.75, 3.05) is 0 Å². The van der Waals surface area contributed by atoms with E-state index in [0.29, 0.717) is 0 Å². The lowest BCUT2D eigenvalue weighted by molar-refractivity contribution is 0.111. The van der Waals surface area contributed by atoms with Gasteiger partial charge in [0, 0.05) is 10.9 Å². The second-order valence-corrected chi connectivity index (χ2v) is 6.25. The van der Waals surface area contributed by atoms with Crippen LogP contribution in [0.2, 0.25) is 0 Å². The number of fused-ring (bicyclic) bond motifs is 1. The molecule has 2 nitrogen and oxygen atoms in total. The molecule has 2 heteroatoms. The van der Waals surface area contributed by atoms with Gasteiger partial charge in [0.1, 0.15) is 0 Å². The molecule has 0 bridgehead atoms. The van der Waals surface area contributed by atoms with Gasteiger partial charge in [0.15, 0.2) is 6.29 Å². The normalized spacial score (nSPS) is 12.0. The number of nitrogens with one attached hydrogen (secondary N) is 1. The molecule has 1 aromatic heterocycles. The number of H-pyrrole nitrogens is 1. The Kier molecular flexibility index (Phi) is 3.79. The summed E-state index contributed by atoms with van der Waals surface area (Å²) >= 11 is 0. The zero-order chi connectivity index (χ0) is 14.0. The summed E-state index contributed by atoms with van der Waals surface area (Å²) in [4.78, 5) is 14.4. The number of aromatic nitrogens is 1. The van der Waals surface area contributed by atoms with E-state index in [1.54, 1.807) is 0 Å². The van der Waals surface area contributed by atoms with Crippen LogP contribution in [-0.2, 0) is 11.8 Å². The summed E-state index contributed by atoms with van der Waals surface area (Å²) in [6.45, 7) is 8.82. The number of rotatable bonds is 4. The van der Waals surface area contributed by atoms with Crippen LogP contribution in [0, 0.1) is 0 Å². The van der Waals surface area contributed by atoms with Crippen molar-refractivity contribution in [1.82, 2.24) is 4.98 Å². The highest BCUT2D eigenvalue weighted by Crippen LogP contribution is 2.29. The van der Waals surface area contributed by atoms with E-state index in [-0.39, 0.29) is 5.41 Å². The fourth-order valence-corrected chi connectivity index (χ4v) is 2.46. The van der Waals surface area contributed by atoms with Gasteiger partial charge < -0.3 is 4.98 Å². The van der Waals surface area contributed by atoms with Crippen molar-refractivity contribution < 1.29 is 4.79 Å². The molecule has 0 unspecified atom stereocenters. The van der Waals surface area contributed by atoms with Crippen molar-refractivity contribution in [3.8, 4) is 0 Å². The number of hydrogen-bond donors (Lipinski definition) is 1. The largest absolute Gasteiger partial charge is 0.352 e. The third-order valence-electron chi connectivity index (χ3n) is 3.70. The third kappa shape index (κ3) is 2.73. The Labute approximate surface area is 115 Å². The molecule has 0 amide bonds. The van der Waals surface area contributed by atoms with Crippen LogP contribution in [0.3, 0.4) is 0 Å². The highest BCUT2D eigenvalue weighted by Gasteiger charge is 2.17. The summed E-state index contributed by atoms with van der Waals surface area (Å²) in [5.41, 5.74) is 4.44. The van der Waals surface area contributed by atoms with Crippen LogP contribution in [-0.4, -0.2) is 11.3 Å². The second-order valence-electron chi connectivity index (χ2n) is 6.25. The molecule has 0 aliphatic rings. The predicted molar refractivity (Wildman–Crippen MR) is 81.0 cm³/mol. The average Bonchev–Trinajstić information content (AvgIpc) is 2.72. The molecule has 0 aliphatic carbocycles. The molecule has 1 N–H and O–H groups in total. The number of aromatic amines is 1. The maximum absolute atomic E-state index is 11.2. The monoisotopic (exact) mass is 257 g/mol. The first-order valence-electron chi connectivity index (χ1n) is 7.07. The summed E-state index contributed by atoms with van der Waals surface area (Å²) < 4.78 is 0. The summed E-state index contributed by atoms with van der Waals surface area (Å²) in [7, 11) is 0. The molecule has 1 heterocycles. The smallest absolute Gasteiger partial charge is 0.166 e. The topological polar surface area (TPSA) is 32.9 Å². The van der Waals surface area contributed by atoms with Crippen LogP contribution >= 0.6 is 0 Å². The number of hydrogen-bond acceptors (Lipinski definition) is 1. The van der Waals surface area contributed by atoms with Crippen molar-refractivity contribution in [1.29, 1.82) is 0 Å². The van der Waals surface area contributed by atoms with Crippen molar-refractivity contribution in [3.05, 3.63) is 35.0 Å². The standard InChI is InChI=1S/C17H23NO/c1-5-6-7-13-14-10-12(17(2,3)4)8-9-15(14)18-16(13)11-19/h8-11,18H,5-7H2,1-4H3. The third-order valence-corrected chi connectivity index (χ3v) is 3.70. The first-order valence-corrected chi connectivity index (χ1v) is 7.07. The van der Waals surface area contributed by atoms with E-state index in [0.717, 1.165) is 36.8 Å². The average molecular weight is 257 g/mol. The Morgan fingerprint density at radius 3 is 2.58 bits per heavy atom. The van der Waals surface area contributed by atoms with E-state index in [1.807, 2.05) is 0 Å². The van der Waals surface area contributed by atoms with E-state index < -0.39 is 0 Å². The molecule has 1 aromatic carbocycles. The Hall–Kier alpha value is -1.57. The molecule has 0 radical (unpaired) electrons. The molecule has 0 saturated carbocycles. The zero-order valence-corrected chi connectivity index (χ0v) is 12.3. The molecule has 0 aliphatic heterocycles. The highest BCUT2D eigenvalue weighted by atomic mass is 16.1. The van der Waals surface area contributed by atoms with Crippen molar-refractivity contribution in [3.63, 3.8) is 0 Å². The lowest BCUT2D eigenvalue weighted by Crippen LogP contribution is -2.10. The quantitative estimate of drug-likeness (QED) is 0.796. The zero-order valence-electron chi connectivity index (χ0n) is 12.3. The number of unbranched alkanes of at least 4 members (excludes halogenated alkanes) is 1. The Balaban J connectivity index is 2.58. The molecule has 2 rings (SSSR count). The van der Waals surface area contributed by atoms with E-state index in [4.69, 9.17) is 0 Å². The van der Waals surface area contributed by atoms with Gasteiger partial charge in [0.25, 0.3) is 0 Å². The number of aryl methyl sites for hydroxylation is 1. The van der Waals surface area contributed by atoms with Crippen LogP contribution in [0.4, 0.5) is 0 Å². The maximum Gasteiger partial charge on any atom is 0.166 e. The predicted octanol–water partition coefficient (Wildman–Crippen LogP) is 4.62. The van der Waals surface area contributed by atoms with E-state index in [9.17, 15) is 4.79 Å². The van der Waals surface area contributed by atoms with Crippen LogP contribution in [0.5, 0.6) is 0 Å². The number of carbonyl (C=O) groups excluding carboxylic acids is 1. The lowest BCUT2D eigenvalue weighted by Gasteiger charge is -2.19. The summed E-state index contributed by atoms with van der Waals surface area (Å²) in [6.07, 6.45) is 4.18. The van der Waals surface area contributed by atoms with Gasteiger partial charge in [-0.25, -0.2) is 0 Å². The van der Waals surface area contributed by atoms with Crippen molar-refractivity contribution in [2.24, 2.45) is 0 Å². The minimum atomic E-state index is 0.134. The summed E-state index contributed by atoms with van der Waals surface area (Å²) in [5.74, 6) is 0. The van der Waals surface area contributed by atoms with Gasteiger partial charge in [-0.2, -0.15) is 0 Å². The molecule has 2 aromatic rings. The van der Waals surface area contributed by atoms with Gasteiger partial charge in [0.05, 0.1) is 5.69 Å². The van der Waals surface area contributed by atoms with Crippen LogP contribution in [0.25, 0.3) is 10.9 Å². The van der Waals surface area contributed by atoms with E-state index in [2.05, 4.69) is 50.9 Å². The molecular weight excluding hydrogens is 234 g/mol. The van der Waals surface area contributed by atoms with Crippen LogP contribution in [0.15, 0.2) is 18.2 Å². The minimum absolute atomic E-state index is 0.134. The first kappa shape index (κ1) is 13.9. The fourth-order valence-electron chi connectivity index (χ4n) is 2.46. The summed E-state index contributed by atoms with van der Waals surface area (Å²) in [5, 5.41) is 1.21. The summed E-state index contributed by atoms with van der Waals surface area (Å²) in [6, 6.07) is 6.49. The van der Waals surface area contributed by atoms with E-state index in [1.165, 1.54) is 16.5 Å². The Morgan fingerprint density at radius 2 is 2.00 bits per heavy atom. The SMILES string of the molecule is CCCCc1c(C=O)[nH]c2ccc(C(C)(C)C)cc12. The van der Waals surface area contributed by atoms with Crippen LogP contribution < -0.4 is 0 Å². The number of benzene rings is 1. The molecule has 102 valence electrons. The van der Waals surface area contributed by atoms with Crippen molar-refractivity contribution >= 4 is 17.2 Å². The Bertz CT molecular complexity index is 587. The highest BCUT2D eigenvalue weighted by molar-refractivity contribution is 5.92. The van der Waals surface area contributed by atoms with E-state index >= 15 is 0 Å². The molecule has 0 atom stereocenters.